The molecule has 1 aromatic heterocycles. The molecule has 2 fully saturated rings. The summed E-state index contributed by atoms with van der Waals surface area (Å²) in [6.07, 6.45) is 2.89. The molecule has 6 nitrogen and oxygen atoms in total. The second kappa shape index (κ2) is 9.03. The maximum atomic E-state index is 13.7. The van der Waals surface area contributed by atoms with Crippen LogP contribution < -0.4 is 5.56 Å². The lowest BCUT2D eigenvalue weighted by atomic mass is 10.1. The van der Waals surface area contributed by atoms with Gasteiger partial charge in [0.2, 0.25) is 5.91 Å². The molecular formula is C26H29BrN4O2. The van der Waals surface area contributed by atoms with Gasteiger partial charge >= 0.3 is 0 Å². The third-order valence-corrected chi connectivity index (χ3v) is 7.41. The Bertz CT molecular complexity index is 1240. The summed E-state index contributed by atoms with van der Waals surface area (Å²) in [6, 6.07) is 15.5. The topological polar surface area (TPSA) is 58.4 Å². The van der Waals surface area contributed by atoms with Crippen molar-refractivity contribution < 1.29 is 4.79 Å². The summed E-state index contributed by atoms with van der Waals surface area (Å²) in [6.45, 7) is 6.56. The van der Waals surface area contributed by atoms with Gasteiger partial charge in [0.15, 0.2) is 0 Å². The summed E-state index contributed by atoms with van der Waals surface area (Å²) in [5.41, 5.74) is 1.48. The number of piperazine rings is 1. The van der Waals surface area contributed by atoms with E-state index in [2.05, 4.69) is 39.6 Å². The summed E-state index contributed by atoms with van der Waals surface area (Å²) >= 11 is 3.49. The molecule has 0 spiro atoms. The Morgan fingerprint density at radius 2 is 1.85 bits per heavy atom. The minimum atomic E-state index is -0.0491. The van der Waals surface area contributed by atoms with Crippen LogP contribution in [0.4, 0.5) is 0 Å². The third-order valence-electron chi connectivity index (χ3n) is 6.88. The predicted molar refractivity (Wildman–Crippen MR) is 134 cm³/mol. The first-order valence-corrected chi connectivity index (χ1v) is 12.6. The smallest absolute Gasteiger partial charge is 0.266 e. The number of carbonyl (C=O) groups is 1. The molecular weight excluding hydrogens is 480 g/mol. The first-order chi connectivity index (χ1) is 16.0. The van der Waals surface area contributed by atoms with Crippen LogP contribution in [0, 0.1) is 5.92 Å². The lowest BCUT2D eigenvalue weighted by molar-refractivity contribution is -0.137. The minimum Gasteiger partial charge on any atom is -0.337 e. The van der Waals surface area contributed by atoms with Crippen LogP contribution >= 0.6 is 15.9 Å². The largest absolute Gasteiger partial charge is 0.337 e. The Morgan fingerprint density at radius 1 is 1.12 bits per heavy atom. The highest BCUT2D eigenvalue weighted by atomic mass is 79.9. The van der Waals surface area contributed by atoms with Crippen molar-refractivity contribution in [2.75, 3.05) is 19.6 Å². The van der Waals surface area contributed by atoms with Crippen LogP contribution in [0.3, 0.4) is 0 Å². The van der Waals surface area contributed by atoms with Crippen LogP contribution in [-0.4, -0.2) is 50.9 Å². The molecule has 1 aliphatic carbocycles. The van der Waals surface area contributed by atoms with Crippen LogP contribution in [0.1, 0.15) is 45.0 Å². The fourth-order valence-corrected chi connectivity index (χ4v) is 5.24. The normalized spacial score (nSPS) is 20.2. The van der Waals surface area contributed by atoms with Crippen LogP contribution in [0.15, 0.2) is 57.8 Å². The van der Waals surface area contributed by atoms with Gasteiger partial charge in [-0.3, -0.25) is 19.1 Å². The number of benzene rings is 2. The zero-order chi connectivity index (χ0) is 23.1. The van der Waals surface area contributed by atoms with E-state index >= 15 is 0 Å². The van der Waals surface area contributed by atoms with Gasteiger partial charge in [0.25, 0.3) is 5.56 Å². The van der Waals surface area contributed by atoms with Gasteiger partial charge in [-0.25, -0.2) is 4.98 Å². The SMILES string of the molecule is CCC(c1nc2ccccc2c(=O)n1-c1ccc(Br)cc1)N1CCN(C(=O)C2CC2)C(C)C1. The van der Waals surface area contributed by atoms with Crippen LogP contribution in [0.25, 0.3) is 16.6 Å². The van der Waals surface area contributed by atoms with E-state index in [1.54, 1.807) is 4.57 Å². The Morgan fingerprint density at radius 3 is 2.52 bits per heavy atom. The standard InChI is InChI=1S/C26H29BrN4O2/c1-3-23(29-14-15-30(17(2)16-29)25(32)18-8-9-18)24-28-22-7-5-4-6-21(22)26(33)31(24)20-12-10-19(27)11-13-20/h4-7,10-13,17-18,23H,3,8-9,14-16H2,1-2H3. The van der Waals surface area contributed by atoms with Crippen molar-refractivity contribution in [3.63, 3.8) is 0 Å². The molecule has 2 aromatic carbocycles. The molecule has 33 heavy (non-hydrogen) atoms. The third kappa shape index (κ3) is 4.24. The summed E-state index contributed by atoms with van der Waals surface area (Å²) in [5, 5.41) is 0.618. The van der Waals surface area contributed by atoms with E-state index in [4.69, 9.17) is 4.98 Å². The number of carbonyl (C=O) groups excluding carboxylic acids is 1. The van der Waals surface area contributed by atoms with Gasteiger partial charge in [-0.15, -0.1) is 0 Å². The van der Waals surface area contributed by atoms with Gasteiger partial charge in [0.05, 0.1) is 22.6 Å². The molecule has 0 N–H and O–H groups in total. The van der Waals surface area contributed by atoms with Crippen molar-refractivity contribution in [2.24, 2.45) is 5.92 Å². The average molecular weight is 509 g/mol. The van der Waals surface area contributed by atoms with E-state index < -0.39 is 0 Å². The number of nitrogens with zero attached hydrogens (tertiary/aromatic N) is 4. The molecule has 7 heteroatoms. The van der Waals surface area contributed by atoms with Gasteiger partial charge in [0, 0.05) is 36.1 Å². The van der Waals surface area contributed by atoms with Gasteiger partial charge in [-0.05, 0) is 62.6 Å². The van der Waals surface area contributed by atoms with Crippen molar-refractivity contribution in [3.8, 4) is 5.69 Å². The summed E-state index contributed by atoms with van der Waals surface area (Å²) in [4.78, 5) is 35.8. The second-order valence-corrected chi connectivity index (χ2v) is 10.1. The maximum absolute atomic E-state index is 13.7. The van der Waals surface area contributed by atoms with Crippen molar-refractivity contribution >= 4 is 32.7 Å². The zero-order valence-corrected chi connectivity index (χ0v) is 20.7. The van der Waals surface area contributed by atoms with Gasteiger partial charge < -0.3 is 4.90 Å². The van der Waals surface area contributed by atoms with Crippen LogP contribution in [0.5, 0.6) is 0 Å². The molecule has 172 valence electrons. The van der Waals surface area contributed by atoms with E-state index in [9.17, 15) is 9.59 Å². The average Bonchev–Trinajstić information content (AvgIpc) is 3.66. The zero-order valence-electron chi connectivity index (χ0n) is 19.1. The molecule has 2 unspecified atom stereocenters. The van der Waals surface area contributed by atoms with E-state index in [1.807, 2.05) is 48.5 Å². The van der Waals surface area contributed by atoms with Crippen molar-refractivity contribution in [1.82, 2.24) is 19.4 Å². The monoisotopic (exact) mass is 508 g/mol. The lowest BCUT2D eigenvalue weighted by Gasteiger charge is -2.43. The van der Waals surface area contributed by atoms with Crippen LogP contribution in [0.2, 0.25) is 0 Å². The van der Waals surface area contributed by atoms with Crippen molar-refractivity contribution in [2.45, 2.75) is 45.2 Å². The molecule has 2 aliphatic rings. The second-order valence-electron chi connectivity index (χ2n) is 9.18. The molecule has 5 rings (SSSR count). The van der Waals surface area contributed by atoms with Gasteiger partial charge in [0.1, 0.15) is 5.82 Å². The van der Waals surface area contributed by atoms with Gasteiger partial charge in [-0.1, -0.05) is 35.0 Å². The first kappa shape index (κ1) is 22.3. The number of rotatable bonds is 5. The molecule has 3 aromatic rings. The highest BCUT2D eigenvalue weighted by Crippen LogP contribution is 2.34. The van der Waals surface area contributed by atoms with E-state index in [1.165, 1.54) is 0 Å². The first-order valence-electron chi connectivity index (χ1n) is 11.8. The van der Waals surface area contributed by atoms with Gasteiger partial charge in [-0.2, -0.15) is 0 Å². The van der Waals surface area contributed by atoms with Crippen molar-refractivity contribution in [3.05, 3.63) is 69.2 Å². The number of amides is 1. The fourth-order valence-electron chi connectivity index (χ4n) is 4.98. The number of para-hydroxylation sites is 1. The van der Waals surface area contributed by atoms with Crippen LogP contribution in [-0.2, 0) is 4.79 Å². The number of aromatic nitrogens is 2. The Kier molecular flexibility index (Phi) is 6.10. The Labute approximate surface area is 202 Å². The Hall–Kier alpha value is -2.51. The maximum Gasteiger partial charge on any atom is 0.266 e. The minimum absolute atomic E-state index is 0.0217. The van der Waals surface area contributed by atoms with E-state index in [0.717, 1.165) is 60.4 Å². The summed E-state index contributed by atoms with van der Waals surface area (Å²) < 4.78 is 2.74. The molecule has 1 saturated heterocycles. The molecule has 2 heterocycles. The number of hydrogen-bond acceptors (Lipinski definition) is 4. The van der Waals surface area contributed by atoms with E-state index in [0.29, 0.717) is 11.3 Å². The van der Waals surface area contributed by atoms with E-state index in [-0.39, 0.29) is 23.6 Å². The Balaban J connectivity index is 1.56. The molecule has 1 amide bonds. The molecule has 1 saturated carbocycles. The van der Waals surface area contributed by atoms with Crippen molar-refractivity contribution in [1.29, 1.82) is 0 Å². The lowest BCUT2D eigenvalue weighted by Crippen LogP contribution is -2.55. The molecule has 0 bridgehead atoms. The number of fused-ring (bicyclic) bond motifs is 1. The molecule has 0 radical (unpaired) electrons. The highest BCUT2D eigenvalue weighted by molar-refractivity contribution is 9.10. The molecule has 1 aliphatic heterocycles. The highest BCUT2D eigenvalue weighted by Gasteiger charge is 2.39. The number of halogens is 1. The summed E-state index contributed by atoms with van der Waals surface area (Å²) in [5.74, 6) is 1.31. The number of hydrogen-bond donors (Lipinski definition) is 0. The summed E-state index contributed by atoms with van der Waals surface area (Å²) in [7, 11) is 0. The molecule has 2 atom stereocenters. The quantitative estimate of drug-likeness (QED) is 0.507. The fraction of sp³-hybridized carbons (Fsp3) is 0.423. The predicted octanol–water partition coefficient (Wildman–Crippen LogP) is 4.54.